The highest BCUT2D eigenvalue weighted by Crippen LogP contribution is 2.09. The Balaban J connectivity index is 2.10. The van der Waals surface area contributed by atoms with Gasteiger partial charge in [-0.25, -0.2) is 9.78 Å². The lowest BCUT2D eigenvalue weighted by Gasteiger charge is -2.01. The zero-order chi connectivity index (χ0) is 13.1. The quantitative estimate of drug-likeness (QED) is 0.847. The van der Waals surface area contributed by atoms with Crippen molar-refractivity contribution in [1.82, 2.24) is 10.1 Å². The van der Waals surface area contributed by atoms with Crippen LogP contribution in [-0.4, -0.2) is 27.1 Å². The molecule has 0 radical (unpaired) electrons. The van der Waals surface area contributed by atoms with Gasteiger partial charge < -0.3 is 14.9 Å². The van der Waals surface area contributed by atoms with E-state index in [9.17, 15) is 9.59 Å². The maximum Gasteiger partial charge on any atom is 0.354 e. The summed E-state index contributed by atoms with van der Waals surface area (Å²) in [6.45, 7) is 1.70. The van der Waals surface area contributed by atoms with E-state index in [1.54, 1.807) is 6.92 Å². The van der Waals surface area contributed by atoms with E-state index in [2.05, 4.69) is 15.5 Å². The second-order valence-corrected chi connectivity index (χ2v) is 3.52. The van der Waals surface area contributed by atoms with Gasteiger partial charge in [-0.1, -0.05) is 5.16 Å². The molecule has 2 aromatic rings. The van der Waals surface area contributed by atoms with Gasteiger partial charge in [0.2, 0.25) is 5.76 Å². The number of hydrogen-bond acceptors (Lipinski definition) is 5. The highest BCUT2D eigenvalue weighted by molar-refractivity contribution is 6.02. The largest absolute Gasteiger partial charge is 0.477 e. The summed E-state index contributed by atoms with van der Waals surface area (Å²) in [7, 11) is 0. The van der Waals surface area contributed by atoms with E-state index in [1.165, 1.54) is 24.4 Å². The Morgan fingerprint density at radius 2 is 2.17 bits per heavy atom. The van der Waals surface area contributed by atoms with Crippen LogP contribution >= 0.6 is 0 Å². The van der Waals surface area contributed by atoms with Crippen molar-refractivity contribution in [2.75, 3.05) is 5.32 Å². The molecule has 0 aliphatic carbocycles. The SMILES string of the molecule is Cc1cc(C(=O)Nc2ccc(C(=O)O)nc2)on1. The molecule has 0 unspecified atom stereocenters. The molecular formula is C11H9N3O4. The molecule has 18 heavy (non-hydrogen) atoms. The predicted molar refractivity (Wildman–Crippen MR) is 60.4 cm³/mol. The first-order chi connectivity index (χ1) is 8.56. The van der Waals surface area contributed by atoms with Crippen molar-refractivity contribution >= 4 is 17.6 Å². The third kappa shape index (κ3) is 2.51. The predicted octanol–water partition coefficient (Wildman–Crippen LogP) is 1.33. The molecule has 0 atom stereocenters. The lowest BCUT2D eigenvalue weighted by Crippen LogP contribution is -2.11. The fraction of sp³-hybridized carbons (Fsp3) is 0.0909. The minimum absolute atomic E-state index is 0.0785. The number of rotatable bonds is 3. The van der Waals surface area contributed by atoms with Crippen LogP contribution in [-0.2, 0) is 0 Å². The maximum atomic E-state index is 11.7. The molecule has 2 aromatic heterocycles. The summed E-state index contributed by atoms with van der Waals surface area (Å²) in [6, 6.07) is 4.23. The third-order valence-corrected chi connectivity index (χ3v) is 2.09. The van der Waals surface area contributed by atoms with Crippen LogP contribution in [0.1, 0.15) is 26.7 Å². The number of nitrogens with zero attached hydrogens (tertiary/aromatic N) is 2. The molecule has 0 aliphatic rings. The minimum atomic E-state index is -1.13. The van der Waals surface area contributed by atoms with Crippen LogP contribution in [0.25, 0.3) is 0 Å². The number of nitrogens with one attached hydrogen (secondary N) is 1. The molecule has 0 aromatic carbocycles. The Morgan fingerprint density at radius 3 is 2.67 bits per heavy atom. The van der Waals surface area contributed by atoms with E-state index in [0.717, 1.165) is 0 Å². The molecular weight excluding hydrogens is 238 g/mol. The molecule has 0 saturated heterocycles. The van der Waals surface area contributed by atoms with Crippen LogP contribution < -0.4 is 5.32 Å². The molecule has 2 rings (SSSR count). The van der Waals surface area contributed by atoms with Gasteiger partial charge >= 0.3 is 5.97 Å². The monoisotopic (exact) mass is 247 g/mol. The lowest BCUT2D eigenvalue weighted by molar-refractivity contribution is 0.0690. The van der Waals surface area contributed by atoms with Gasteiger partial charge in [0.15, 0.2) is 0 Å². The number of amides is 1. The summed E-state index contributed by atoms with van der Waals surface area (Å²) in [5, 5.41) is 14.8. The normalized spacial score (nSPS) is 10.1. The van der Waals surface area contributed by atoms with Gasteiger partial charge in [0.1, 0.15) is 5.69 Å². The molecule has 0 bridgehead atoms. The highest BCUT2D eigenvalue weighted by Gasteiger charge is 2.12. The van der Waals surface area contributed by atoms with Gasteiger partial charge in [-0.3, -0.25) is 4.79 Å². The first-order valence-corrected chi connectivity index (χ1v) is 5.00. The number of carboxylic acid groups (broad SMARTS) is 1. The Kier molecular flexibility index (Phi) is 3.05. The number of carbonyl (C=O) groups is 2. The fourth-order valence-corrected chi connectivity index (χ4v) is 1.26. The summed E-state index contributed by atoms with van der Waals surface area (Å²) >= 11 is 0. The zero-order valence-electron chi connectivity index (χ0n) is 9.38. The van der Waals surface area contributed by atoms with Crippen molar-refractivity contribution in [1.29, 1.82) is 0 Å². The second-order valence-electron chi connectivity index (χ2n) is 3.52. The lowest BCUT2D eigenvalue weighted by atomic mass is 10.3. The van der Waals surface area contributed by atoms with E-state index in [1.807, 2.05) is 0 Å². The number of aromatic carboxylic acids is 1. The number of anilines is 1. The molecule has 92 valence electrons. The number of carboxylic acids is 1. The van der Waals surface area contributed by atoms with Gasteiger partial charge in [0, 0.05) is 6.07 Å². The first-order valence-electron chi connectivity index (χ1n) is 5.00. The minimum Gasteiger partial charge on any atom is -0.477 e. The number of hydrogen-bond donors (Lipinski definition) is 2. The van der Waals surface area contributed by atoms with Crippen molar-refractivity contribution in [2.45, 2.75) is 6.92 Å². The average Bonchev–Trinajstić information content (AvgIpc) is 2.76. The van der Waals surface area contributed by atoms with Gasteiger partial charge in [0.05, 0.1) is 17.6 Å². The first kappa shape index (κ1) is 11.8. The molecule has 0 aliphatic heterocycles. The standard InChI is InChI=1S/C11H9N3O4/c1-6-4-9(18-14-6)10(15)13-7-2-3-8(11(16)17)12-5-7/h2-5H,1H3,(H,13,15)(H,16,17). The maximum absolute atomic E-state index is 11.7. The molecule has 7 nitrogen and oxygen atoms in total. The summed E-state index contributed by atoms with van der Waals surface area (Å²) < 4.78 is 4.78. The van der Waals surface area contributed by atoms with E-state index in [0.29, 0.717) is 11.4 Å². The van der Waals surface area contributed by atoms with Crippen molar-refractivity contribution in [3.63, 3.8) is 0 Å². The van der Waals surface area contributed by atoms with Gasteiger partial charge in [0.25, 0.3) is 5.91 Å². The van der Waals surface area contributed by atoms with E-state index in [4.69, 9.17) is 9.63 Å². The van der Waals surface area contributed by atoms with E-state index >= 15 is 0 Å². The van der Waals surface area contributed by atoms with Crippen LogP contribution in [0, 0.1) is 6.92 Å². The van der Waals surface area contributed by atoms with Gasteiger partial charge in [-0.2, -0.15) is 0 Å². The second kappa shape index (κ2) is 4.66. The van der Waals surface area contributed by atoms with E-state index < -0.39 is 11.9 Å². The van der Waals surface area contributed by atoms with Crippen molar-refractivity contribution in [2.24, 2.45) is 0 Å². The topological polar surface area (TPSA) is 105 Å². The number of pyridine rings is 1. The summed E-state index contributed by atoms with van der Waals surface area (Å²) in [6.07, 6.45) is 1.25. The summed E-state index contributed by atoms with van der Waals surface area (Å²) in [5.41, 5.74) is 0.877. The average molecular weight is 247 g/mol. The van der Waals surface area contributed by atoms with Crippen molar-refractivity contribution in [3.8, 4) is 0 Å². The highest BCUT2D eigenvalue weighted by atomic mass is 16.5. The molecule has 0 fully saturated rings. The molecule has 0 spiro atoms. The third-order valence-electron chi connectivity index (χ3n) is 2.09. The Labute approximate surface area is 101 Å². The van der Waals surface area contributed by atoms with E-state index in [-0.39, 0.29) is 11.5 Å². The van der Waals surface area contributed by atoms with Crippen molar-refractivity contribution < 1.29 is 19.2 Å². The molecule has 1 amide bonds. The van der Waals surface area contributed by atoms with Crippen LogP contribution in [0.4, 0.5) is 5.69 Å². The van der Waals surface area contributed by atoms with Gasteiger partial charge in [-0.05, 0) is 19.1 Å². The fourth-order valence-electron chi connectivity index (χ4n) is 1.26. The summed E-state index contributed by atoms with van der Waals surface area (Å²) in [4.78, 5) is 25.9. The molecule has 2 N–H and O–H groups in total. The Hall–Kier alpha value is -2.70. The molecule has 0 saturated carbocycles. The van der Waals surface area contributed by atoms with Crippen LogP contribution in [0.5, 0.6) is 0 Å². The number of carbonyl (C=O) groups excluding carboxylic acids is 1. The van der Waals surface area contributed by atoms with Crippen LogP contribution in [0.15, 0.2) is 28.9 Å². The van der Waals surface area contributed by atoms with Crippen molar-refractivity contribution in [3.05, 3.63) is 41.5 Å². The Morgan fingerprint density at radius 1 is 1.39 bits per heavy atom. The van der Waals surface area contributed by atoms with Crippen LogP contribution in [0.2, 0.25) is 0 Å². The molecule has 2 heterocycles. The zero-order valence-corrected chi connectivity index (χ0v) is 9.38. The molecule has 7 heteroatoms. The Bertz CT molecular complexity index is 589. The summed E-state index contributed by atoms with van der Waals surface area (Å²) in [5.74, 6) is -1.52. The van der Waals surface area contributed by atoms with Gasteiger partial charge in [-0.15, -0.1) is 0 Å². The van der Waals surface area contributed by atoms with Crippen LogP contribution in [0.3, 0.4) is 0 Å². The smallest absolute Gasteiger partial charge is 0.354 e. The number of aryl methyl sites for hydroxylation is 1. The number of aromatic nitrogens is 2.